The van der Waals surface area contributed by atoms with Gasteiger partial charge in [-0.2, -0.15) is 0 Å². The molecule has 8 heteroatoms. The molecule has 1 aliphatic rings. The second kappa shape index (κ2) is 14.1. The molecule has 1 aromatic carbocycles. The third kappa shape index (κ3) is 10.6. The molecule has 1 aliphatic carbocycles. The molecule has 3 N–H and O–H groups in total. The molecule has 0 bridgehead atoms. The Kier molecular flexibility index (Phi) is 11.8. The van der Waals surface area contributed by atoms with E-state index in [1.54, 1.807) is 0 Å². The third-order valence-corrected chi connectivity index (χ3v) is 3.97. The van der Waals surface area contributed by atoms with Gasteiger partial charge in [-0.3, -0.25) is 14.4 Å². The maximum absolute atomic E-state index is 12.2. The Morgan fingerprint density at radius 1 is 1.07 bits per heavy atom. The van der Waals surface area contributed by atoms with Gasteiger partial charge in [0, 0.05) is 6.04 Å². The highest BCUT2D eigenvalue weighted by Gasteiger charge is 2.31. The van der Waals surface area contributed by atoms with Crippen LogP contribution in [0.5, 0.6) is 0 Å². The second-order valence-electron chi connectivity index (χ2n) is 7.14. The highest BCUT2D eigenvalue weighted by molar-refractivity contribution is 6.38. The van der Waals surface area contributed by atoms with Crippen molar-refractivity contribution in [1.82, 2.24) is 16.0 Å². The van der Waals surface area contributed by atoms with Crippen molar-refractivity contribution in [2.24, 2.45) is 0 Å². The number of hydrogen-bond acceptors (Lipinski definition) is 5. The smallest absolute Gasteiger partial charge is 0.407 e. The SMILES string of the molecule is CCC.CCCC(NC(=O)CNC(=O)OCc1ccccc1)C(=O)C(=O)NC1CC1. The number of rotatable bonds is 10. The van der Waals surface area contributed by atoms with Crippen LogP contribution in [0.2, 0.25) is 0 Å². The largest absolute Gasteiger partial charge is 0.445 e. The molecule has 1 fully saturated rings. The van der Waals surface area contributed by atoms with E-state index in [-0.39, 0.29) is 19.2 Å². The predicted octanol–water partition coefficient (Wildman–Crippen LogP) is 2.46. The van der Waals surface area contributed by atoms with E-state index in [1.165, 1.54) is 6.42 Å². The number of carbonyl (C=O) groups is 4. The number of alkyl carbamates (subject to hydrolysis) is 1. The first kappa shape index (κ1) is 25.1. The van der Waals surface area contributed by atoms with Crippen molar-refractivity contribution in [3.05, 3.63) is 35.9 Å². The fourth-order valence-electron chi connectivity index (χ4n) is 2.37. The lowest BCUT2D eigenvalue weighted by atomic mass is 10.1. The van der Waals surface area contributed by atoms with Gasteiger partial charge in [0.1, 0.15) is 13.2 Å². The zero-order valence-corrected chi connectivity index (χ0v) is 18.0. The van der Waals surface area contributed by atoms with Gasteiger partial charge >= 0.3 is 6.09 Å². The Bertz CT molecular complexity index is 689. The van der Waals surface area contributed by atoms with Crippen LogP contribution in [0.4, 0.5) is 4.79 Å². The van der Waals surface area contributed by atoms with Gasteiger partial charge < -0.3 is 20.7 Å². The van der Waals surface area contributed by atoms with Gasteiger partial charge in [-0.05, 0) is 24.8 Å². The standard InChI is InChI=1S/C19H25N3O5.C3H8/c1-2-6-15(17(24)18(25)21-14-9-10-14)22-16(23)11-20-19(26)27-12-13-7-4-3-5-8-13;1-3-2/h3-5,7-8,14-15H,2,6,9-12H2,1H3,(H,20,26)(H,21,25)(H,22,23);3H2,1-2H3. The van der Waals surface area contributed by atoms with Gasteiger partial charge in [0.25, 0.3) is 5.91 Å². The van der Waals surface area contributed by atoms with Crippen LogP contribution < -0.4 is 16.0 Å². The number of ketones is 1. The van der Waals surface area contributed by atoms with Crippen molar-refractivity contribution < 1.29 is 23.9 Å². The van der Waals surface area contributed by atoms with Crippen LogP contribution in [0.15, 0.2) is 30.3 Å². The van der Waals surface area contributed by atoms with E-state index in [1.807, 2.05) is 37.3 Å². The topological polar surface area (TPSA) is 114 Å². The zero-order valence-electron chi connectivity index (χ0n) is 18.0. The zero-order chi connectivity index (χ0) is 22.4. The Balaban J connectivity index is 0.00000141. The van der Waals surface area contributed by atoms with Crippen molar-refractivity contribution >= 4 is 23.7 Å². The predicted molar refractivity (Wildman–Crippen MR) is 114 cm³/mol. The number of amides is 3. The highest BCUT2D eigenvalue weighted by atomic mass is 16.5. The van der Waals surface area contributed by atoms with Crippen LogP contribution >= 0.6 is 0 Å². The van der Waals surface area contributed by atoms with Gasteiger partial charge in [-0.25, -0.2) is 4.79 Å². The van der Waals surface area contributed by atoms with Crippen LogP contribution in [0.3, 0.4) is 0 Å². The molecule has 1 unspecified atom stereocenters. The summed E-state index contributed by atoms with van der Waals surface area (Å²) in [4.78, 5) is 47.7. The molecule has 0 aromatic heterocycles. The minimum atomic E-state index is -0.900. The molecular formula is C22H33N3O5. The van der Waals surface area contributed by atoms with Gasteiger partial charge in [-0.15, -0.1) is 0 Å². The molecule has 1 saturated carbocycles. The summed E-state index contributed by atoms with van der Waals surface area (Å²) in [6.45, 7) is 5.85. The van der Waals surface area contributed by atoms with Crippen molar-refractivity contribution in [2.75, 3.05) is 6.54 Å². The number of benzene rings is 1. The number of hydrogen-bond donors (Lipinski definition) is 3. The molecule has 0 saturated heterocycles. The molecule has 2 rings (SSSR count). The Labute approximate surface area is 178 Å². The minimum Gasteiger partial charge on any atom is -0.445 e. The van der Waals surface area contributed by atoms with Crippen LogP contribution in [0, 0.1) is 0 Å². The lowest BCUT2D eigenvalue weighted by Gasteiger charge is -2.17. The van der Waals surface area contributed by atoms with E-state index >= 15 is 0 Å². The molecule has 166 valence electrons. The fourth-order valence-corrected chi connectivity index (χ4v) is 2.37. The summed E-state index contributed by atoms with van der Waals surface area (Å²) < 4.78 is 5.01. The molecule has 0 spiro atoms. The van der Waals surface area contributed by atoms with E-state index in [4.69, 9.17) is 4.74 Å². The van der Waals surface area contributed by atoms with Crippen molar-refractivity contribution in [3.8, 4) is 0 Å². The van der Waals surface area contributed by atoms with Crippen LogP contribution in [0.25, 0.3) is 0 Å². The van der Waals surface area contributed by atoms with Crippen LogP contribution in [-0.2, 0) is 25.7 Å². The summed E-state index contributed by atoms with van der Waals surface area (Å²) in [5, 5.41) is 7.45. The van der Waals surface area contributed by atoms with E-state index < -0.39 is 29.7 Å². The van der Waals surface area contributed by atoms with Gasteiger partial charge in [0.05, 0.1) is 6.04 Å². The number of carbonyl (C=O) groups excluding carboxylic acids is 4. The molecule has 0 aliphatic heterocycles. The molecule has 0 radical (unpaired) electrons. The van der Waals surface area contributed by atoms with Gasteiger partial charge in [-0.1, -0.05) is 63.9 Å². The quantitative estimate of drug-likeness (QED) is 0.504. The van der Waals surface area contributed by atoms with E-state index in [2.05, 4.69) is 29.8 Å². The van der Waals surface area contributed by atoms with Crippen molar-refractivity contribution in [1.29, 1.82) is 0 Å². The van der Waals surface area contributed by atoms with Crippen LogP contribution in [-0.4, -0.2) is 42.3 Å². The molecule has 1 aromatic rings. The normalized spacial score (nSPS) is 13.2. The first-order chi connectivity index (χ1) is 14.4. The lowest BCUT2D eigenvalue weighted by Crippen LogP contribution is -2.50. The highest BCUT2D eigenvalue weighted by Crippen LogP contribution is 2.18. The Morgan fingerprint density at radius 2 is 1.70 bits per heavy atom. The van der Waals surface area contributed by atoms with E-state index in [9.17, 15) is 19.2 Å². The van der Waals surface area contributed by atoms with Crippen molar-refractivity contribution in [2.45, 2.75) is 71.6 Å². The molecule has 8 nitrogen and oxygen atoms in total. The number of nitrogens with one attached hydrogen (secondary N) is 3. The fraction of sp³-hybridized carbons (Fsp3) is 0.545. The van der Waals surface area contributed by atoms with Gasteiger partial charge in [0.2, 0.25) is 11.7 Å². The average Bonchev–Trinajstić information content (AvgIpc) is 3.55. The second-order valence-corrected chi connectivity index (χ2v) is 7.14. The summed E-state index contributed by atoms with van der Waals surface area (Å²) in [6.07, 6.45) is 3.23. The molecule has 0 heterocycles. The summed E-state index contributed by atoms with van der Waals surface area (Å²) in [6, 6.07) is 8.31. The monoisotopic (exact) mass is 419 g/mol. The first-order valence-electron chi connectivity index (χ1n) is 10.5. The molecule has 3 amide bonds. The number of ether oxygens (including phenoxy) is 1. The minimum absolute atomic E-state index is 0.0699. The summed E-state index contributed by atoms with van der Waals surface area (Å²) in [5.41, 5.74) is 0.826. The molecule has 1 atom stereocenters. The summed E-state index contributed by atoms with van der Waals surface area (Å²) in [5.74, 6) is -1.90. The van der Waals surface area contributed by atoms with E-state index in [0.29, 0.717) is 12.8 Å². The van der Waals surface area contributed by atoms with Gasteiger partial charge in [0.15, 0.2) is 0 Å². The Hall–Kier alpha value is -2.90. The average molecular weight is 420 g/mol. The van der Waals surface area contributed by atoms with Crippen molar-refractivity contribution in [3.63, 3.8) is 0 Å². The lowest BCUT2D eigenvalue weighted by molar-refractivity contribution is -0.140. The summed E-state index contributed by atoms with van der Waals surface area (Å²) >= 11 is 0. The molecular weight excluding hydrogens is 386 g/mol. The maximum Gasteiger partial charge on any atom is 0.407 e. The van der Waals surface area contributed by atoms with E-state index in [0.717, 1.165) is 18.4 Å². The first-order valence-corrected chi connectivity index (χ1v) is 10.5. The third-order valence-electron chi connectivity index (χ3n) is 3.97. The number of Topliss-reactive ketones (excluding diaryl/α,β-unsaturated/α-hetero) is 1. The van der Waals surface area contributed by atoms with Crippen LogP contribution in [0.1, 0.15) is 58.4 Å². The maximum atomic E-state index is 12.2. The summed E-state index contributed by atoms with van der Waals surface area (Å²) in [7, 11) is 0. The Morgan fingerprint density at radius 3 is 2.27 bits per heavy atom. The molecule has 30 heavy (non-hydrogen) atoms.